The van der Waals surface area contributed by atoms with Crippen LogP contribution in [-0.2, 0) is 0 Å². The summed E-state index contributed by atoms with van der Waals surface area (Å²) in [5.41, 5.74) is 6.63. The molecule has 0 radical (unpaired) electrons. The second kappa shape index (κ2) is 5.02. The number of piperidine rings is 3. The molecule has 1 amide bonds. The molecular weight excluding hydrogens is 262 g/mol. The summed E-state index contributed by atoms with van der Waals surface area (Å²) in [5.74, 6) is 0.250. The molecule has 0 saturated carbocycles. The number of halogens is 1. The molecule has 0 spiro atoms. The van der Waals surface area contributed by atoms with Crippen LogP contribution in [0.3, 0.4) is 0 Å². The van der Waals surface area contributed by atoms with Gasteiger partial charge in [-0.05, 0) is 50.0 Å². The lowest BCUT2D eigenvalue weighted by molar-refractivity contribution is 0.0975. The van der Waals surface area contributed by atoms with E-state index in [1.54, 1.807) is 12.1 Å². The SMILES string of the molecule is NC(=O)c1cc(NC2CN3CCC2CC3)ccc1Cl. The van der Waals surface area contributed by atoms with Crippen LogP contribution >= 0.6 is 11.6 Å². The Kier molecular flexibility index (Phi) is 3.37. The van der Waals surface area contributed by atoms with Crippen molar-refractivity contribution in [3.8, 4) is 0 Å². The first-order chi connectivity index (χ1) is 9.13. The van der Waals surface area contributed by atoms with Gasteiger partial charge in [0.2, 0.25) is 5.91 Å². The number of anilines is 1. The summed E-state index contributed by atoms with van der Waals surface area (Å²) in [6.45, 7) is 3.52. The molecule has 3 heterocycles. The molecule has 1 aromatic carbocycles. The fraction of sp³-hybridized carbons (Fsp3) is 0.500. The highest BCUT2D eigenvalue weighted by Gasteiger charge is 2.33. The first-order valence-electron chi connectivity index (χ1n) is 6.72. The first-order valence-corrected chi connectivity index (χ1v) is 7.09. The van der Waals surface area contributed by atoms with Gasteiger partial charge in [-0.2, -0.15) is 0 Å². The number of primary amides is 1. The van der Waals surface area contributed by atoms with Gasteiger partial charge in [0.25, 0.3) is 0 Å². The van der Waals surface area contributed by atoms with Crippen molar-refractivity contribution in [1.29, 1.82) is 0 Å². The van der Waals surface area contributed by atoms with Gasteiger partial charge in [-0.1, -0.05) is 11.6 Å². The maximum Gasteiger partial charge on any atom is 0.250 e. The van der Waals surface area contributed by atoms with Crippen LogP contribution in [0.4, 0.5) is 5.69 Å². The third-order valence-corrected chi connectivity index (χ3v) is 4.57. The van der Waals surface area contributed by atoms with Crippen LogP contribution in [0.25, 0.3) is 0 Å². The van der Waals surface area contributed by atoms with E-state index in [2.05, 4.69) is 10.2 Å². The van der Waals surface area contributed by atoms with E-state index < -0.39 is 5.91 Å². The van der Waals surface area contributed by atoms with Crippen molar-refractivity contribution >= 4 is 23.2 Å². The van der Waals surface area contributed by atoms with E-state index in [1.165, 1.54) is 25.9 Å². The van der Waals surface area contributed by atoms with Gasteiger partial charge in [0.05, 0.1) is 10.6 Å². The molecule has 1 atom stereocenters. The number of amides is 1. The zero-order valence-corrected chi connectivity index (χ0v) is 11.5. The predicted octanol–water partition coefficient (Wildman–Crippen LogP) is 1.94. The number of nitrogens with zero attached hydrogens (tertiary/aromatic N) is 1. The highest BCUT2D eigenvalue weighted by atomic mass is 35.5. The van der Waals surface area contributed by atoms with Gasteiger partial charge < -0.3 is 16.0 Å². The summed E-state index contributed by atoms with van der Waals surface area (Å²) < 4.78 is 0. The standard InChI is InChI=1S/C14H18ClN3O/c15-12-2-1-10(7-11(12)14(16)19)17-13-8-18-5-3-9(13)4-6-18/h1-2,7,9,13,17H,3-6,8H2,(H2,16,19). The Morgan fingerprint density at radius 2 is 2.11 bits per heavy atom. The van der Waals surface area contributed by atoms with Crippen molar-refractivity contribution in [3.63, 3.8) is 0 Å². The number of carbonyl (C=O) groups is 1. The summed E-state index contributed by atoms with van der Waals surface area (Å²) in [6.07, 6.45) is 2.52. The Balaban J connectivity index is 1.76. The predicted molar refractivity (Wildman–Crippen MR) is 76.5 cm³/mol. The van der Waals surface area contributed by atoms with Crippen molar-refractivity contribution in [2.45, 2.75) is 18.9 Å². The fourth-order valence-electron chi connectivity index (χ4n) is 3.15. The van der Waals surface area contributed by atoms with Crippen LogP contribution in [-0.4, -0.2) is 36.5 Å². The average Bonchev–Trinajstić information content (AvgIpc) is 2.42. The molecule has 1 unspecified atom stereocenters. The number of hydrogen-bond donors (Lipinski definition) is 2. The summed E-state index contributed by atoms with van der Waals surface area (Å²) in [7, 11) is 0. The normalized spacial score (nSPS) is 29.2. The van der Waals surface area contributed by atoms with Crippen molar-refractivity contribution < 1.29 is 4.79 Å². The van der Waals surface area contributed by atoms with E-state index in [1.807, 2.05) is 6.07 Å². The van der Waals surface area contributed by atoms with Gasteiger partial charge in [-0.25, -0.2) is 0 Å². The monoisotopic (exact) mass is 279 g/mol. The summed E-state index contributed by atoms with van der Waals surface area (Å²) in [5, 5.41) is 3.94. The van der Waals surface area contributed by atoms with Crippen molar-refractivity contribution in [3.05, 3.63) is 28.8 Å². The number of nitrogens with two attached hydrogens (primary N) is 1. The molecule has 1 aromatic rings. The molecule has 5 heteroatoms. The van der Waals surface area contributed by atoms with E-state index in [-0.39, 0.29) is 0 Å². The maximum atomic E-state index is 11.3. The van der Waals surface area contributed by atoms with Crippen LogP contribution in [0, 0.1) is 5.92 Å². The van der Waals surface area contributed by atoms with Crippen LogP contribution in [0.1, 0.15) is 23.2 Å². The molecule has 3 aliphatic rings. The zero-order chi connectivity index (χ0) is 13.4. The third-order valence-electron chi connectivity index (χ3n) is 4.24. The molecule has 4 nitrogen and oxygen atoms in total. The molecule has 3 fully saturated rings. The van der Waals surface area contributed by atoms with Gasteiger partial charge in [0.15, 0.2) is 0 Å². The molecule has 102 valence electrons. The Morgan fingerprint density at radius 3 is 2.68 bits per heavy atom. The minimum Gasteiger partial charge on any atom is -0.381 e. The van der Waals surface area contributed by atoms with Gasteiger partial charge in [-0.15, -0.1) is 0 Å². The first kappa shape index (κ1) is 12.8. The van der Waals surface area contributed by atoms with E-state index in [0.29, 0.717) is 16.6 Å². The van der Waals surface area contributed by atoms with Gasteiger partial charge in [0.1, 0.15) is 0 Å². The van der Waals surface area contributed by atoms with Crippen LogP contribution in [0.2, 0.25) is 5.02 Å². The average molecular weight is 280 g/mol. The molecular formula is C14H18ClN3O. The minimum atomic E-state index is -0.484. The number of hydrogen-bond acceptors (Lipinski definition) is 3. The number of rotatable bonds is 3. The van der Waals surface area contributed by atoms with E-state index in [9.17, 15) is 4.79 Å². The number of benzene rings is 1. The summed E-state index contributed by atoms with van der Waals surface area (Å²) in [6, 6.07) is 5.85. The molecule has 0 aliphatic carbocycles. The summed E-state index contributed by atoms with van der Waals surface area (Å²) in [4.78, 5) is 13.8. The lowest BCUT2D eigenvalue weighted by atomic mass is 9.84. The van der Waals surface area contributed by atoms with Gasteiger partial charge in [0, 0.05) is 18.3 Å². The summed E-state index contributed by atoms with van der Waals surface area (Å²) >= 11 is 5.96. The Morgan fingerprint density at radius 1 is 1.37 bits per heavy atom. The highest BCUT2D eigenvalue weighted by Crippen LogP contribution is 2.30. The highest BCUT2D eigenvalue weighted by molar-refractivity contribution is 6.33. The van der Waals surface area contributed by atoms with E-state index >= 15 is 0 Å². The van der Waals surface area contributed by atoms with Gasteiger partial charge >= 0.3 is 0 Å². The van der Waals surface area contributed by atoms with Crippen LogP contribution in [0.15, 0.2) is 18.2 Å². The minimum absolute atomic E-state index is 0.382. The quantitative estimate of drug-likeness (QED) is 0.889. The van der Waals surface area contributed by atoms with Crippen LogP contribution < -0.4 is 11.1 Å². The molecule has 3 saturated heterocycles. The van der Waals surface area contributed by atoms with Crippen molar-refractivity contribution in [2.24, 2.45) is 11.7 Å². The fourth-order valence-corrected chi connectivity index (χ4v) is 3.36. The Labute approximate surface area is 117 Å². The molecule has 2 bridgehead atoms. The third kappa shape index (κ3) is 2.55. The molecule has 0 aromatic heterocycles. The molecule has 19 heavy (non-hydrogen) atoms. The Hall–Kier alpha value is -1.26. The second-order valence-electron chi connectivity index (χ2n) is 5.45. The van der Waals surface area contributed by atoms with Gasteiger partial charge in [-0.3, -0.25) is 4.79 Å². The van der Waals surface area contributed by atoms with Crippen molar-refractivity contribution in [1.82, 2.24) is 4.90 Å². The smallest absolute Gasteiger partial charge is 0.250 e. The Bertz CT molecular complexity index is 497. The molecule has 3 aliphatic heterocycles. The zero-order valence-electron chi connectivity index (χ0n) is 10.7. The lowest BCUT2D eigenvalue weighted by Crippen LogP contribution is -2.53. The molecule has 4 rings (SSSR count). The van der Waals surface area contributed by atoms with Crippen LogP contribution in [0.5, 0.6) is 0 Å². The largest absolute Gasteiger partial charge is 0.381 e. The number of nitrogens with one attached hydrogen (secondary N) is 1. The lowest BCUT2D eigenvalue weighted by Gasteiger charge is -2.45. The molecule has 3 N–H and O–H groups in total. The topological polar surface area (TPSA) is 58.4 Å². The van der Waals surface area contributed by atoms with E-state index in [0.717, 1.165) is 18.2 Å². The maximum absolute atomic E-state index is 11.3. The van der Waals surface area contributed by atoms with E-state index in [4.69, 9.17) is 17.3 Å². The number of carbonyl (C=O) groups excluding carboxylic acids is 1. The van der Waals surface area contributed by atoms with Crippen molar-refractivity contribution in [2.75, 3.05) is 25.0 Å². The number of fused-ring (bicyclic) bond motifs is 3. The second-order valence-corrected chi connectivity index (χ2v) is 5.85.